The van der Waals surface area contributed by atoms with E-state index in [1.807, 2.05) is 0 Å². The third-order valence-corrected chi connectivity index (χ3v) is 14.4. The number of anilines is 1. The lowest BCUT2D eigenvalue weighted by Gasteiger charge is -2.49. The highest BCUT2D eigenvalue weighted by Crippen LogP contribution is 2.42. The number of sulfone groups is 1. The number of methoxy groups -OCH3 is 3. The second kappa shape index (κ2) is 21.6. The number of fused-ring (bicyclic) bond motifs is 3. The maximum absolute atomic E-state index is 14.0. The van der Waals surface area contributed by atoms with Crippen molar-refractivity contribution in [3.8, 4) is 23.0 Å². The monoisotopic (exact) mass is 996 g/mol. The first-order valence-corrected chi connectivity index (χ1v) is 24.4. The number of aliphatic hydroxyl groups is 1. The summed E-state index contributed by atoms with van der Waals surface area (Å²) in [5.74, 6) is -2.70. The number of nitrogens with zero attached hydrogens (tertiary/aromatic N) is 3. The second-order valence-corrected chi connectivity index (χ2v) is 19.1. The minimum atomic E-state index is -4.19. The van der Waals surface area contributed by atoms with Crippen LogP contribution in [0.3, 0.4) is 0 Å². The summed E-state index contributed by atoms with van der Waals surface area (Å²) in [6, 6.07) is 22.4. The Balaban J connectivity index is 0.973. The van der Waals surface area contributed by atoms with Gasteiger partial charge in [0, 0.05) is 24.6 Å². The third kappa shape index (κ3) is 10.7. The number of aliphatic hydroxyl groups excluding tert-OH is 1. The molecule has 4 aromatic rings. The zero-order valence-electron chi connectivity index (χ0n) is 39.1. The maximum atomic E-state index is 14.0. The van der Waals surface area contributed by atoms with E-state index in [4.69, 9.17) is 33.2 Å². The SMILES string of the molecule is COC(=O)CCCOc1cc2c(cc1OC)C(=O)N1CCCC1C(O)N2C(=O)OCc1ccc(OCC2=C(C(=O)OCc3ccc(OC)cc3)N3C(=O)C(NC(=O)Cc4ccccc4)C3S(=O)(=O)C2)cc1. The molecule has 2 N–H and O–H groups in total. The Kier molecular flexibility index (Phi) is 15.1. The predicted octanol–water partition coefficient (Wildman–Crippen LogP) is 3.82. The van der Waals surface area contributed by atoms with E-state index in [0.29, 0.717) is 48.2 Å². The molecule has 0 spiro atoms. The van der Waals surface area contributed by atoms with Crippen LogP contribution in [-0.4, -0.2) is 130 Å². The molecular formula is C50H52N4O16S. The molecule has 0 radical (unpaired) electrons. The predicted molar refractivity (Wildman–Crippen MR) is 251 cm³/mol. The Morgan fingerprint density at radius 1 is 0.789 bits per heavy atom. The van der Waals surface area contributed by atoms with Crippen LogP contribution in [-0.2, 0) is 62.9 Å². The Morgan fingerprint density at radius 3 is 2.15 bits per heavy atom. The minimum absolute atomic E-state index is 0.0343. The normalized spacial score (nSPS) is 19.8. The van der Waals surface area contributed by atoms with Gasteiger partial charge < -0.3 is 48.5 Å². The molecule has 0 aromatic heterocycles. The molecule has 4 unspecified atom stereocenters. The van der Waals surface area contributed by atoms with E-state index in [9.17, 15) is 42.3 Å². The first-order valence-electron chi connectivity index (χ1n) is 22.7. The topological polar surface area (TPSA) is 243 Å². The standard InChI is InChI=1S/C50H52N4O16S/c1-64-34-17-13-31(14-18-34)26-69-49(60)44-33(29-71(62,63)48-43(47(59)54(44)48)51-41(55)23-30-9-5-4-6-10-30)28-68-35-19-15-32(16-20-35)27-70-50(61)53-38-25-40(67-22-8-12-42(56)66-3)39(65-2)24-36(38)45(57)52-21-7-11-37(52)46(53)58/h4-6,9-10,13-20,24-25,37,43,46,48,58H,7-8,11-12,21-23,26-29H2,1-3H3,(H,51,55). The second-order valence-electron chi connectivity index (χ2n) is 17.0. The van der Waals surface area contributed by atoms with Gasteiger partial charge in [-0.25, -0.2) is 22.9 Å². The van der Waals surface area contributed by atoms with Gasteiger partial charge in [-0.1, -0.05) is 54.6 Å². The van der Waals surface area contributed by atoms with Gasteiger partial charge in [-0.3, -0.25) is 24.1 Å². The molecule has 4 aliphatic heterocycles. The molecule has 374 valence electrons. The summed E-state index contributed by atoms with van der Waals surface area (Å²) in [5.41, 5.74) is 1.49. The smallest absolute Gasteiger partial charge is 0.416 e. The number of rotatable bonds is 18. The molecule has 71 heavy (non-hydrogen) atoms. The molecule has 4 atom stereocenters. The number of benzene rings is 4. The molecule has 0 bridgehead atoms. The maximum Gasteiger partial charge on any atom is 0.416 e. The van der Waals surface area contributed by atoms with Crippen LogP contribution in [0.1, 0.15) is 52.7 Å². The van der Waals surface area contributed by atoms with Crippen molar-refractivity contribution >= 4 is 51.3 Å². The van der Waals surface area contributed by atoms with Crippen molar-refractivity contribution in [3.05, 3.63) is 125 Å². The lowest BCUT2D eigenvalue weighted by atomic mass is 10.0. The fourth-order valence-electron chi connectivity index (χ4n) is 8.86. The summed E-state index contributed by atoms with van der Waals surface area (Å²) in [6.45, 7) is -0.519. The number of hydrogen-bond acceptors (Lipinski definition) is 16. The van der Waals surface area contributed by atoms with Gasteiger partial charge in [0.2, 0.25) is 5.91 Å². The number of carbonyl (C=O) groups excluding carboxylic acids is 6. The molecule has 2 fully saturated rings. The molecule has 4 amide bonds. The van der Waals surface area contributed by atoms with Gasteiger partial charge in [-0.05, 0) is 66.3 Å². The van der Waals surface area contributed by atoms with Crippen molar-refractivity contribution in [2.75, 3.05) is 51.7 Å². The van der Waals surface area contributed by atoms with Crippen LogP contribution in [0.15, 0.2) is 102 Å². The highest BCUT2D eigenvalue weighted by molar-refractivity contribution is 7.92. The zero-order valence-corrected chi connectivity index (χ0v) is 39.9. The van der Waals surface area contributed by atoms with Crippen LogP contribution >= 0.6 is 0 Å². The summed E-state index contributed by atoms with van der Waals surface area (Å²) >= 11 is 0. The summed E-state index contributed by atoms with van der Waals surface area (Å²) in [4.78, 5) is 83.5. The lowest BCUT2D eigenvalue weighted by molar-refractivity contribution is -0.153. The van der Waals surface area contributed by atoms with Crippen LogP contribution in [0.5, 0.6) is 23.0 Å². The number of β-lactam (4-membered cyclic amide) rings is 1. The number of amides is 4. The fraction of sp³-hybridized carbons (Fsp3) is 0.360. The summed E-state index contributed by atoms with van der Waals surface area (Å²) in [7, 11) is -0.00218. The van der Waals surface area contributed by atoms with E-state index < -0.39 is 81.6 Å². The van der Waals surface area contributed by atoms with Gasteiger partial charge in [-0.15, -0.1) is 0 Å². The van der Waals surface area contributed by atoms with E-state index in [0.717, 1.165) is 9.80 Å². The molecule has 0 saturated carbocycles. The molecular weight excluding hydrogens is 945 g/mol. The summed E-state index contributed by atoms with van der Waals surface area (Å²) < 4.78 is 66.4. The Bertz CT molecular complexity index is 2820. The zero-order chi connectivity index (χ0) is 50.4. The van der Waals surface area contributed by atoms with E-state index in [-0.39, 0.29) is 72.4 Å². The molecule has 2 saturated heterocycles. The lowest BCUT2D eigenvalue weighted by Crippen LogP contribution is -2.75. The molecule has 4 heterocycles. The Hall–Kier alpha value is -7.65. The number of esters is 2. The van der Waals surface area contributed by atoms with Gasteiger partial charge in [0.1, 0.15) is 43.1 Å². The first kappa shape index (κ1) is 49.8. The summed E-state index contributed by atoms with van der Waals surface area (Å²) in [6.07, 6.45) is -1.11. The van der Waals surface area contributed by atoms with E-state index in [2.05, 4.69) is 5.32 Å². The number of ether oxygens (including phenoxy) is 7. The van der Waals surface area contributed by atoms with E-state index >= 15 is 0 Å². The largest absolute Gasteiger partial charge is 0.497 e. The minimum Gasteiger partial charge on any atom is -0.497 e. The van der Waals surface area contributed by atoms with Crippen LogP contribution < -0.4 is 29.2 Å². The summed E-state index contributed by atoms with van der Waals surface area (Å²) in [5, 5.41) is 12.7. The highest BCUT2D eigenvalue weighted by Gasteiger charge is 2.61. The van der Waals surface area contributed by atoms with E-state index in [1.54, 1.807) is 66.7 Å². The molecule has 8 rings (SSSR count). The van der Waals surface area contributed by atoms with Gasteiger partial charge in [0.15, 0.2) is 32.9 Å². The molecule has 20 nitrogen and oxygen atoms in total. The van der Waals surface area contributed by atoms with Crippen molar-refractivity contribution in [1.82, 2.24) is 15.1 Å². The van der Waals surface area contributed by atoms with Gasteiger partial charge >= 0.3 is 18.0 Å². The van der Waals surface area contributed by atoms with E-state index in [1.165, 1.54) is 50.5 Å². The third-order valence-electron chi connectivity index (χ3n) is 12.5. The first-order chi connectivity index (χ1) is 34.2. The Morgan fingerprint density at radius 2 is 1.48 bits per heavy atom. The number of carbonyl (C=O) groups is 6. The average molecular weight is 997 g/mol. The van der Waals surface area contributed by atoms with Gasteiger partial charge in [0.25, 0.3) is 11.8 Å². The van der Waals surface area contributed by atoms with Crippen LogP contribution in [0.25, 0.3) is 0 Å². The van der Waals surface area contributed by atoms with Crippen LogP contribution in [0, 0.1) is 0 Å². The quantitative estimate of drug-likeness (QED) is 0.0623. The fourth-order valence-corrected chi connectivity index (χ4v) is 10.9. The average Bonchev–Trinajstić information content (AvgIpc) is 3.85. The van der Waals surface area contributed by atoms with Crippen molar-refractivity contribution in [3.63, 3.8) is 0 Å². The number of hydrogen-bond donors (Lipinski definition) is 2. The van der Waals surface area contributed by atoms with Crippen molar-refractivity contribution < 1.29 is 75.4 Å². The van der Waals surface area contributed by atoms with Crippen molar-refractivity contribution in [2.45, 2.75) is 69.0 Å². The number of nitrogens with one attached hydrogen (secondary N) is 1. The highest BCUT2D eigenvalue weighted by atomic mass is 32.2. The van der Waals surface area contributed by atoms with Crippen LogP contribution in [0.2, 0.25) is 0 Å². The Labute approximate surface area is 408 Å². The van der Waals surface area contributed by atoms with Crippen molar-refractivity contribution in [2.24, 2.45) is 0 Å². The van der Waals surface area contributed by atoms with Crippen LogP contribution in [0.4, 0.5) is 10.5 Å². The van der Waals surface area contributed by atoms with Gasteiger partial charge in [0.05, 0.1) is 57.4 Å². The molecule has 0 aliphatic carbocycles. The molecule has 4 aromatic carbocycles. The van der Waals surface area contributed by atoms with Crippen molar-refractivity contribution in [1.29, 1.82) is 0 Å². The molecule has 4 aliphatic rings. The van der Waals surface area contributed by atoms with Gasteiger partial charge in [-0.2, -0.15) is 0 Å². The molecule has 21 heteroatoms.